The van der Waals surface area contributed by atoms with Crippen LogP contribution in [-0.2, 0) is 0 Å². The van der Waals surface area contributed by atoms with Crippen LogP contribution in [0.4, 0.5) is 5.82 Å². The molecule has 1 fully saturated rings. The summed E-state index contributed by atoms with van der Waals surface area (Å²) < 4.78 is 0. The third kappa shape index (κ3) is 3.38. The summed E-state index contributed by atoms with van der Waals surface area (Å²) in [6.45, 7) is 6.38. The number of benzene rings is 1. The van der Waals surface area contributed by atoms with Crippen molar-refractivity contribution in [1.29, 1.82) is 0 Å². The molecule has 0 spiro atoms. The maximum Gasteiger partial charge on any atom is 0.240 e. The first-order valence-electron chi connectivity index (χ1n) is 7.63. The van der Waals surface area contributed by atoms with E-state index in [1.54, 1.807) is 24.4 Å². The van der Waals surface area contributed by atoms with Crippen molar-refractivity contribution in [2.24, 2.45) is 5.41 Å². The summed E-state index contributed by atoms with van der Waals surface area (Å²) in [6, 6.07) is 5.23. The lowest BCUT2D eigenvalue weighted by Gasteiger charge is -2.37. The zero-order chi connectivity index (χ0) is 16.6. The van der Waals surface area contributed by atoms with E-state index in [4.69, 9.17) is 23.2 Å². The minimum atomic E-state index is -0.128. The lowest BCUT2D eigenvalue weighted by molar-refractivity contribution is 0.279. The summed E-state index contributed by atoms with van der Waals surface area (Å²) in [5, 5.41) is 11.1. The molecule has 1 aromatic carbocycles. The van der Waals surface area contributed by atoms with Gasteiger partial charge in [0, 0.05) is 18.7 Å². The second-order valence-corrected chi connectivity index (χ2v) is 7.44. The van der Waals surface area contributed by atoms with Gasteiger partial charge in [0.1, 0.15) is 5.69 Å². The van der Waals surface area contributed by atoms with Gasteiger partial charge in [-0.2, -0.15) is 4.98 Å². The van der Waals surface area contributed by atoms with Crippen LogP contribution in [-0.4, -0.2) is 28.2 Å². The van der Waals surface area contributed by atoms with E-state index < -0.39 is 0 Å². The van der Waals surface area contributed by atoms with E-state index >= 15 is 0 Å². The van der Waals surface area contributed by atoms with Gasteiger partial charge in [0.05, 0.1) is 16.2 Å². The number of halogens is 2. The average molecular weight is 352 g/mol. The Morgan fingerprint density at radius 3 is 2.52 bits per heavy atom. The maximum absolute atomic E-state index is 10.3. The minimum absolute atomic E-state index is 0.128. The summed E-state index contributed by atoms with van der Waals surface area (Å²) >= 11 is 12.2. The highest BCUT2D eigenvalue weighted by Gasteiger charge is 2.26. The molecule has 1 aromatic heterocycles. The van der Waals surface area contributed by atoms with Crippen molar-refractivity contribution in [3.63, 3.8) is 0 Å². The Morgan fingerprint density at radius 2 is 1.87 bits per heavy atom. The summed E-state index contributed by atoms with van der Waals surface area (Å²) in [4.78, 5) is 10.8. The molecule has 0 atom stereocenters. The molecule has 23 heavy (non-hydrogen) atoms. The van der Waals surface area contributed by atoms with Gasteiger partial charge in [-0.1, -0.05) is 49.2 Å². The summed E-state index contributed by atoms with van der Waals surface area (Å²) in [5.74, 6) is 0.566. The Kier molecular flexibility index (Phi) is 4.39. The molecule has 3 rings (SSSR count). The van der Waals surface area contributed by atoms with Gasteiger partial charge in [0.2, 0.25) is 5.88 Å². The summed E-state index contributed by atoms with van der Waals surface area (Å²) in [6.07, 6.45) is 3.87. The predicted molar refractivity (Wildman–Crippen MR) is 94.4 cm³/mol. The van der Waals surface area contributed by atoms with E-state index in [1.807, 2.05) is 0 Å². The molecular weight excluding hydrogens is 333 g/mol. The maximum atomic E-state index is 10.3. The first kappa shape index (κ1) is 16.3. The van der Waals surface area contributed by atoms with Crippen LogP contribution in [0.2, 0.25) is 10.0 Å². The van der Waals surface area contributed by atoms with Crippen LogP contribution in [0.1, 0.15) is 26.7 Å². The third-order valence-corrected chi connectivity index (χ3v) is 5.21. The van der Waals surface area contributed by atoms with Gasteiger partial charge in [0.15, 0.2) is 5.82 Å². The van der Waals surface area contributed by atoms with Crippen LogP contribution in [0.3, 0.4) is 0 Å². The minimum Gasteiger partial charge on any atom is -0.492 e. The molecular formula is C17H19Cl2N3O. The van der Waals surface area contributed by atoms with Crippen molar-refractivity contribution < 1.29 is 5.11 Å². The second kappa shape index (κ2) is 6.17. The van der Waals surface area contributed by atoms with Crippen LogP contribution in [0.25, 0.3) is 11.3 Å². The smallest absolute Gasteiger partial charge is 0.240 e. The number of anilines is 1. The largest absolute Gasteiger partial charge is 0.492 e. The van der Waals surface area contributed by atoms with Crippen molar-refractivity contribution in [3.8, 4) is 17.1 Å². The number of nitrogens with zero attached hydrogens (tertiary/aromatic N) is 3. The second-order valence-electron chi connectivity index (χ2n) is 6.65. The highest BCUT2D eigenvalue weighted by Crippen LogP contribution is 2.37. The van der Waals surface area contributed by atoms with Gasteiger partial charge in [0.25, 0.3) is 0 Å². The van der Waals surface area contributed by atoms with Gasteiger partial charge in [-0.15, -0.1) is 0 Å². The molecule has 1 aliphatic rings. The zero-order valence-electron chi connectivity index (χ0n) is 13.2. The summed E-state index contributed by atoms with van der Waals surface area (Å²) in [7, 11) is 0. The van der Waals surface area contributed by atoms with Gasteiger partial charge < -0.3 is 10.0 Å². The van der Waals surface area contributed by atoms with Crippen molar-refractivity contribution in [1.82, 2.24) is 9.97 Å². The van der Waals surface area contributed by atoms with Crippen molar-refractivity contribution >= 4 is 29.0 Å². The Bertz CT molecular complexity index is 724. The van der Waals surface area contributed by atoms with E-state index in [9.17, 15) is 5.11 Å². The van der Waals surface area contributed by atoms with Crippen LogP contribution in [0, 0.1) is 5.41 Å². The van der Waals surface area contributed by atoms with E-state index in [-0.39, 0.29) is 5.88 Å². The van der Waals surface area contributed by atoms with Crippen molar-refractivity contribution in [2.45, 2.75) is 26.7 Å². The van der Waals surface area contributed by atoms with Crippen LogP contribution in [0.5, 0.6) is 5.88 Å². The van der Waals surface area contributed by atoms with Gasteiger partial charge in [-0.3, -0.25) is 0 Å². The van der Waals surface area contributed by atoms with Crippen LogP contribution >= 0.6 is 23.2 Å². The first-order chi connectivity index (χ1) is 10.9. The molecule has 1 N–H and O–H groups in total. The number of hydrogen-bond acceptors (Lipinski definition) is 4. The SMILES string of the molecule is CC1(C)CCN(c2cnc(-c3cccc(Cl)c3Cl)c(O)n2)CC1. The molecule has 2 aromatic rings. The fraction of sp³-hybridized carbons (Fsp3) is 0.412. The highest BCUT2D eigenvalue weighted by atomic mass is 35.5. The van der Waals surface area contributed by atoms with E-state index in [0.717, 1.165) is 25.9 Å². The Labute approximate surface area is 146 Å². The Balaban J connectivity index is 1.88. The number of piperidine rings is 1. The lowest BCUT2D eigenvalue weighted by Crippen LogP contribution is -2.37. The van der Waals surface area contributed by atoms with E-state index in [2.05, 4.69) is 28.7 Å². The molecule has 0 amide bonds. The van der Waals surface area contributed by atoms with E-state index in [0.29, 0.717) is 32.5 Å². The fourth-order valence-electron chi connectivity index (χ4n) is 2.74. The molecule has 0 bridgehead atoms. The number of hydrogen-bond donors (Lipinski definition) is 1. The molecule has 0 saturated carbocycles. The molecule has 0 aliphatic carbocycles. The standard InChI is InChI=1S/C17H19Cl2N3O/c1-17(2)6-8-22(9-7-17)13-10-20-15(16(23)21-13)11-4-3-5-12(18)14(11)19/h3-5,10H,6-9H2,1-2H3,(H,21,23). The van der Waals surface area contributed by atoms with Gasteiger partial charge >= 0.3 is 0 Å². The number of rotatable bonds is 2. The lowest BCUT2D eigenvalue weighted by atomic mass is 9.83. The zero-order valence-corrected chi connectivity index (χ0v) is 14.7. The summed E-state index contributed by atoms with van der Waals surface area (Å²) in [5.41, 5.74) is 1.29. The Hall–Kier alpha value is -1.52. The van der Waals surface area contributed by atoms with Crippen molar-refractivity contribution in [3.05, 3.63) is 34.4 Å². The van der Waals surface area contributed by atoms with Crippen molar-refractivity contribution in [2.75, 3.05) is 18.0 Å². The number of aromatic nitrogens is 2. The molecule has 2 heterocycles. The van der Waals surface area contributed by atoms with Gasteiger partial charge in [-0.25, -0.2) is 4.98 Å². The van der Waals surface area contributed by atoms with Crippen LogP contribution < -0.4 is 4.90 Å². The molecule has 0 unspecified atom stereocenters. The fourth-order valence-corrected chi connectivity index (χ4v) is 3.13. The number of aromatic hydroxyl groups is 1. The average Bonchev–Trinajstić information content (AvgIpc) is 2.50. The first-order valence-corrected chi connectivity index (χ1v) is 8.38. The third-order valence-electron chi connectivity index (χ3n) is 4.39. The van der Waals surface area contributed by atoms with E-state index in [1.165, 1.54) is 0 Å². The molecule has 0 radical (unpaired) electrons. The monoisotopic (exact) mass is 351 g/mol. The topological polar surface area (TPSA) is 49.2 Å². The highest BCUT2D eigenvalue weighted by molar-refractivity contribution is 6.43. The Morgan fingerprint density at radius 1 is 1.17 bits per heavy atom. The van der Waals surface area contributed by atoms with Crippen LogP contribution in [0.15, 0.2) is 24.4 Å². The molecule has 6 heteroatoms. The predicted octanol–water partition coefficient (Wildman–Crippen LogP) is 4.78. The normalized spacial score (nSPS) is 17.3. The van der Waals surface area contributed by atoms with Gasteiger partial charge in [-0.05, 0) is 24.3 Å². The quantitative estimate of drug-likeness (QED) is 0.845. The molecule has 4 nitrogen and oxygen atoms in total. The molecule has 1 aliphatic heterocycles. The molecule has 1 saturated heterocycles. The molecule has 122 valence electrons.